The highest BCUT2D eigenvalue weighted by Gasteiger charge is 2.23. The molecular weight excluding hydrogens is 198 g/mol. The van der Waals surface area contributed by atoms with E-state index in [0.717, 1.165) is 32.4 Å². The second-order valence-electron chi connectivity index (χ2n) is 4.80. The SMILES string of the molecule is CC1CC(O)CCN1CCc1ccccc1. The first kappa shape index (κ1) is 11.6. The zero-order valence-electron chi connectivity index (χ0n) is 9.97. The van der Waals surface area contributed by atoms with E-state index in [1.54, 1.807) is 0 Å². The van der Waals surface area contributed by atoms with Gasteiger partial charge < -0.3 is 10.0 Å². The van der Waals surface area contributed by atoms with Crippen LogP contribution in [0.15, 0.2) is 30.3 Å². The van der Waals surface area contributed by atoms with Gasteiger partial charge in [0.15, 0.2) is 0 Å². The van der Waals surface area contributed by atoms with Gasteiger partial charge in [-0.05, 0) is 31.7 Å². The minimum Gasteiger partial charge on any atom is -0.393 e. The fourth-order valence-electron chi connectivity index (χ4n) is 2.45. The molecule has 1 heterocycles. The summed E-state index contributed by atoms with van der Waals surface area (Å²) in [5.74, 6) is 0. The number of piperidine rings is 1. The van der Waals surface area contributed by atoms with E-state index in [0.29, 0.717) is 6.04 Å². The third kappa shape index (κ3) is 3.06. The number of aliphatic hydroxyl groups excluding tert-OH is 1. The van der Waals surface area contributed by atoms with Gasteiger partial charge in [0.2, 0.25) is 0 Å². The van der Waals surface area contributed by atoms with Crippen LogP contribution < -0.4 is 0 Å². The van der Waals surface area contributed by atoms with Gasteiger partial charge in [-0.1, -0.05) is 30.3 Å². The summed E-state index contributed by atoms with van der Waals surface area (Å²) in [5, 5.41) is 9.56. The Balaban J connectivity index is 1.82. The Hall–Kier alpha value is -0.860. The third-order valence-corrected chi connectivity index (χ3v) is 3.52. The van der Waals surface area contributed by atoms with Crippen molar-refractivity contribution in [2.24, 2.45) is 0 Å². The Morgan fingerprint density at radius 2 is 2.06 bits per heavy atom. The average Bonchev–Trinajstić information content (AvgIpc) is 2.29. The largest absolute Gasteiger partial charge is 0.393 e. The number of aliphatic hydroxyl groups is 1. The molecule has 1 aromatic carbocycles. The van der Waals surface area contributed by atoms with Crippen LogP contribution in [-0.2, 0) is 6.42 Å². The molecule has 2 unspecified atom stereocenters. The normalized spacial score (nSPS) is 26.9. The molecule has 1 saturated heterocycles. The Bertz CT molecular complexity index is 312. The summed E-state index contributed by atoms with van der Waals surface area (Å²) in [5.41, 5.74) is 1.40. The van der Waals surface area contributed by atoms with E-state index in [4.69, 9.17) is 0 Å². The first-order chi connectivity index (χ1) is 7.75. The number of hydrogen-bond donors (Lipinski definition) is 1. The van der Waals surface area contributed by atoms with Crippen molar-refractivity contribution in [2.75, 3.05) is 13.1 Å². The van der Waals surface area contributed by atoms with Crippen molar-refractivity contribution in [1.29, 1.82) is 0 Å². The molecule has 1 aromatic rings. The van der Waals surface area contributed by atoms with E-state index in [9.17, 15) is 5.11 Å². The summed E-state index contributed by atoms with van der Waals surface area (Å²) in [4.78, 5) is 2.49. The van der Waals surface area contributed by atoms with Crippen LogP contribution in [0, 0.1) is 0 Å². The fraction of sp³-hybridized carbons (Fsp3) is 0.571. The maximum atomic E-state index is 9.56. The van der Waals surface area contributed by atoms with Gasteiger partial charge in [0.1, 0.15) is 0 Å². The monoisotopic (exact) mass is 219 g/mol. The van der Waals surface area contributed by atoms with Crippen LogP contribution in [0.3, 0.4) is 0 Å². The predicted molar refractivity (Wildman–Crippen MR) is 66.4 cm³/mol. The Labute approximate surface area is 97.9 Å². The van der Waals surface area contributed by atoms with Gasteiger partial charge in [-0.3, -0.25) is 0 Å². The lowest BCUT2D eigenvalue weighted by atomic mass is 10.00. The van der Waals surface area contributed by atoms with E-state index < -0.39 is 0 Å². The van der Waals surface area contributed by atoms with Crippen LogP contribution in [0.1, 0.15) is 25.3 Å². The maximum absolute atomic E-state index is 9.56. The highest BCUT2D eigenvalue weighted by atomic mass is 16.3. The standard InChI is InChI=1S/C14H21NO/c1-12-11-14(16)8-10-15(12)9-7-13-5-3-2-4-6-13/h2-6,12,14,16H,7-11H2,1H3. The summed E-state index contributed by atoms with van der Waals surface area (Å²) < 4.78 is 0. The minimum absolute atomic E-state index is 0.0806. The van der Waals surface area contributed by atoms with E-state index in [1.807, 2.05) is 0 Å². The molecule has 0 aromatic heterocycles. The van der Waals surface area contributed by atoms with E-state index in [-0.39, 0.29) is 6.10 Å². The number of hydrogen-bond acceptors (Lipinski definition) is 2. The molecular formula is C14H21NO. The van der Waals surface area contributed by atoms with Crippen LogP contribution in [-0.4, -0.2) is 35.2 Å². The molecule has 0 bridgehead atoms. The smallest absolute Gasteiger partial charge is 0.0567 e. The first-order valence-electron chi connectivity index (χ1n) is 6.22. The lowest BCUT2D eigenvalue weighted by molar-refractivity contribution is 0.0490. The van der Waals surface area contributed by atoms with Crippen molar-refractivity contribution in [3.8, 4) is 0 Å². The Kier molecular flexibility index (Phi) is 3.97. The second-order valence-corrected chi connectivity index (χ2v) is 4.80. The summed E-state index contributed by atoms with van der Waals surface area (Å²) in [6, 6.07) is 11.1. The highest BCUT2D eigenvalue weighted by Crippen LogP contribution is 2.17. The lowest BCUT2D eigenvalue weighted by Crippen LogP contribution is -2.43. The summed E-state index contributed by atoms with van der Waals surface area (Å²) >= 11 is 0. The van der Waals surface area contributed by atoms with Crippen molar-refractivity contribution in [1.82, 2.24) is 4.90 Å². The van der Waals surface area contributed by atoms with Crippen molar-refractivity contribution < 1.29 is 5.11 Å². The van der Waals surface area contributed by atoms with Crippen molar-refractivity contribution in [2.45, 2.75) is 38.3 Å². The van der Waals surface area contributed by atoms with Gasteiger partial charge in [0, 0.05) is 19.1 Å². The predicted octanol–water partition coefficient (Wildman–Crippen LogP) is 2.07. The average molecular weight is 219 g/mol. The molecule has 2 heteroatoms. The number of rotatable bonds is 3. The highest BCUT2D eigenvalue weighted by molar-refractivity contribution is 5.14. The fourth-order valence-corrected chi connectivity index (χ4v) is 2.45. The van der Waals surface area contributed by atoms with E-state index >= 15 is 0 Å². The van der Waals surface area contributed by atoms with Crippen LogP contribution >= 0.6 is 0 Å². The van der Waals surface area contributed by atoms with Gasteiger partial charge in [-0.25, -0.2) is 0 Å². The molecule has 88 valence electrons. The lowest BCUT2D eigenvalue weighted by Gasteiger charge is -2.35. The van der Waals surface area contributed by atoms with Gasteiger partial charge in [0.25, 0.3) is 0 Å². The quantitative estimate of drug-likeness (QED) is 0.841. The van der Waals surface area contributed by atoms with Gasteiger partial charge >= 0.3 is 0 Å². The maximum Gasteiger partial charge on any atom is 0.0567 e. The van der Waals surface area contributed by atoms with Crippen LogP contribution in [0.25, 0.3) is 0 Å². The zero-order valence-corrected chi connectivity index (χ0v) is 9.97. The molecule has 0 saturated carbocycles. The van der Waals surface area contributed by atoms with Gasteiger partial charge in [-0.15, -0.1) is 0 Å². The van der Waals surface area contributed by atoms with Crippen LogP contribution in [0.5, 0.6) is 0 Å². The molecule has 16 heavy (non-hydrogen) atoms. The third-order valence-electron chi connectivity index (χ3n) is 3.52. The molecule has 1 fully saturated rings. The molecule has 1 aliphatic rings. The molecule has 0 aliphatic carbocycles. The number of likely N-dealkylation sites (tertiary alicyclic amines) is 1. The van der Waals surface area contributed by atoms with Crippen LogP contribution in [0.4, 0.5) is 0 Å². The topological polar surface area (TPSA) is 23.5 Å². The molecule has 1 aliphatic heterocycles. The van der Waals surface area contributed by atoms with Gasteiger partial charge in [0.05, 0.1) is 6.10 Å². The summed E-state index contributed by atoms with van der Waals surface area (Å²) in [6.07, 6.45) is 2.89. The molecule has 0 spiro atoms. The van der Waals surface area contributed by atoms with Crippen molar-refractivity contribution in [3.63, 3.8) is 0 Å². The molecule has 0 amide bonds. The first-order valence-corrected chi connectivity index (χ1v) is 6.22. The number of benzene rings is 1. The Morgan fingerprint density at radius 1 is 1.31 bits per heavy atom. The summed E-state index contributed by atoms with van der Waals surface area (Å²) in [6.45, 7) is 4.36. The molecule has 2 atom stereocenters. The number of nitrogens with zero attached hydrogens (tertiary/aromatic N) is 1. The van der Waals surface area contributed by atoms with Crippen LogP contribution in [0.2, 0.25) is 0 Å². The van der Waals surface area contributed by atoms with Gasteiger partial charge in [-0.2, -0.15) is 0 Å². The molecule has 1 N–H and O–H groups in total. The molecule has 2 rings (SSSR count). The second kappa shape index (κ2) is 5.46. The minimum atomic E-state index is -0.0806. The Morgan fingerprint density at radius 3 is 2.75 bits per heavy atom. The van der Waals surface area contributed by atoms with Crippen molar-refractivity contribution in [3.05, 3.63) is 35.9 Å². The summed E-state index contributed by atoms with van der Waals surface area (Å²) in [7, 11) is 0. The molecule has 2 nitrogen and oxygen atoms in total. The molecule has 0 radical (unpaired) electrons. The van der Waals surface area contributed by atoms with E-state index in [1.165, 1.54) is 5.56 Å². The van der Waals surface area contributed by atoms with Crippen molar-refractivity contribution >= 4 is 0 Å². The zero-order chi connectivity index (χ0) is 11.4. The van der Waals surface area contributed by atoms with E-state index in [2.05, 4.69) is 42.2 Å².